The minimum absolute atomic E-state index is 0.164. The van der Waals surface area contributed by atoms with Crippen molar-refractivity contribution < 1.29 is 13.2 Å². The summed E-state index contributed by atoms with van der Waals surface area (Å²) in [5.41, 5.74) is 1.64. The highest BCUT2D eigenvalue weighted by molar-refractivity contribution is 7.93. The molecule has 0 aliphatic heterocycles. The third-order valence-corrected chi connectivity index (χ3v) is 5.32. The van der Waals surface area contributed by atoms with Crippen LogP contribution in [0.5, 0.6) is 5.75 Å². The van der Waals surface area contributed by atoms with Gasteiger partial charge in [0, 0.05) is 5.38 Å². The Labute approximate surface area is 129 Å². The van der Waals surface area contributed by atoms with Gasteiger partial charge in [0.1, 0.15) is 5.75 Å². The van der Waals surface area contributed by atoms with Gasteiger partial charge in [-0.15, -0.1) is 11.3 Å². The van der Waals surface area contributed by atoms with Crippen LogP contribution in [-0.4, -0.2) is 20.5 Å². The molecule has 2 aromatic rings. The second-order valence-electron chi connectivity index (χ2n) is 4.96. The molecule has 0 atom stereocenters. The van der Waals surface area contributed by atoms with Gasteiger partial charge >= 0.3 is 0 Å². The number of hydrogen-bond acceptors (Lipinski definition) is 5. The van der Waals surface area contributed by atoms with Crippen LogP contribution in [0, 0.1) is 6.92 Å². The molecule has 1 aromatic heterocycles. The Balaban J connectivity index is 2.38. The molecule has 0 amide bonds. The van der Waals surface area contributed by atoms with Gasteiger partial charge in [0.25, 0.3) is 10.0 Å². The first-order valence-electron chi connectivity index (χ1n) is 6.46. The summed E-state index contributed by atoms with van der Waals surface area (Å²) in [7, 11) is -2.06. The fourth-order valence-corrected chi connectivity index (χ4v) is 3.88. The van der Waals surface area contributed by atoms with Crippen molar-refractivity contribution in [2.75, 3.05) is 11.8 Å². The lowest BCUT2D eigenvalue weighted by Crippen LogP contribution is -2.13. The van der Waals surface area contributed by atoms with E-state index >= 15 is 0 Å². The fraction of sp³-hybridized carbons (Fsp3) is 0.357. The Morgan fingerprint density at radius 3 is 2.57 bits per heavy atom. The predicted molar refractivity (Wildman–Crippen MR) is 84.7 cm³/mol. The maximum atomic E-state index is 12.4. The predicted octanol–water partition coefficient (Wildman–Crippen LogP) is 3.38. The number of aromatic nitrogens is 1. The van der Waals surface area contributed by atoms with Crippen LogP contribution in [0.3, 0.4) is 0 Å². The number of nitrogens with zero attached hydrogens (tertiary/aromatic N) is 1. The van der Waals surface area contributed by atoms with Crippen LogP contribution in [0.15, 0.2) is 28.5 Å². The van der Waals surface area contributed by atoms with E-state index in [0.717, 1.165) is 11.3 Å². The number of hydrogen-bond donors (Lipinski definition) is 1. The van der Waals surface area contributed by atoms with Crippen LogP contribution in [0.25, 0.3) is 0 Å². The molecule has 0 aliphatic carbocycles. The van der Waals surface area contributed by atoms with E-state index in [4.69, 9.17) is 4.74 Å². The highest BCUT2D eigenvalue weighted by Gasteiger charge is 2.19. The van der Waals surface area contributed by atoms with Gasteiger partial charge < -0.3 is 4.74 Å². The third kappa shape index (κ3) is 3.54. The zero-order valence-electron chi connectivity index (χ0n) is 12.4. The summed E-state index contributed by atoms with van der Waals surface area (Å²) in [6.07, 6.45) is 0. The maximum absolute atomic E-state index is 12.4. The summed E-state index contributed by atoms with van der Waals surface area (Å²) < 4.78 is 32.6. The number of rotatable bonds is 5. The Hall–Kier alpha value is -1.60. The van der Waals surface area contributed by atoms with E-state index < -0.39 is 10.0 Å². The Morgan fingerprint density at radius 1 is 1.33 bits per heavy atom. The average Bonchev–Trinajstić information content (AvgIpc) is 2.82. The Kier molecular flexibility index (Phi) is 4.53. The maximum Gasteiger partial charge on any atom is 0.263 e. The van der Waals surface area contributed by atoms with Gasteiger partial charge in [0.15, 0.2) is 5.13 Å². The van der Waals surface area contributed by atoms with E-state index in [-0.39, 0.29) is 10.8 Å². The summed E-state index contributed by atoms with van der Waals surface area (Å²) >= 11 is 1.26. The SMILES string of the molecule is COc1ccc(S(=O)(=O)Nc2nc(C)cs2)cc1C(C)C. The highest BCUT2D eigenvalue weighted by atomic mass is 32.2. The lowest BCUT2D eigenvalue weighted by atomic mass is 10.0. The molecule has 7 heteroatoms. The minimum atomic E-state index is -3.64. The summed E-state index contributed by atoms with van der Waals surface area (Å²) in [5.74, 6) is 0.853. The zero-order chi connectivity index (χ0) is 15.6. The molecule has 0 saturated carbocycles. The molecule has 1 heterocycles. The van der Waals surface area contributed by atoms with Gasteiger partial charge in [-0.2, -0.15) is 0 Å². The normalized spacial score (nSPS) is 11.7. The monoisotopic (exact) mass is 326 g/mol. The van der Waals surface area contributed by atoms with Crippen LogP contribution in [0.1, 0.15) is 31.0 Å². The summed E-state index contributed by atoms with van der Waals surface area (Å²) in [4.78, 5) is 4.32. The molecule has 0 aliphatic rings. The number of ether oxygens (including phenoxy) is 1. The molecule has 1 aromatic carbocycles. The van der Waals surface area contributed by atoms with E-state index in [1.807, 2.05) is 20.8 Å². The van der Waals surface area contributed by atoms with E-state index in [2.05, 4.69) is 9.71 Å². The van der Waals surface area contributed by atoms with Gasteiger partial charge in [0.05, 0.1) is 17.7 Å². The van der Waals surface area contributed by atoms with Crippen molar-refractivity contribution in [3.63, 3.8) is 0 Å². The van der Waals surface area contributed by atoms with Crippen LogP contribution in [-0.2, 0) is 10.0 Å². The number of sulfonamides is 1. The molecule has 0 fully saturated rings. The molecule has 0 bridgehead atoms. The van der Waals surface area contributed by atoms with E-state index in [0.29, 0.717) is 10.9 Å². The van der Waals surface area contributed by atoms with E-state index in [9.17, 15) is 8.42 Å². The van der Waals surface area contributed by atoms with Crippen molar-refractivity contribution in [3.05, 3.63) is 34.8 Å². The summed E-state index contributed by atoms with van der Waals surface area (Å²) in [6.45, 7) is 5.80. The second kappa shape index (κ2) is 6.03. The van der Waals surface area contributed by atoms with Crippen molar-refractivity contribution in [1.82, 2.24) is 4.98 Å². The Morgan fingerprint density at radius 2 is 2.05 bits per heavy atom. The Bertz CT molecular complexity index is 736. The molecule has 21 heavy (non-hydrogen) atoms. The molecule has 0 radical (unpaired) electrons. The molecule has 1 N–H and O–H groups in total. The first kappa shape index (κ1) is 15.8. The highest BCUT2D eigenvalue weighted by Crippen LogP contribution is 2.29. The van der Waals surface area contributed by atoms with Crippen LogP contribution >= 0.6 is 11.3 Å². The molecule has 114 valence electrons. The summed E-state index contributed by atoms with van der Waals surface area (Å²) in [6, 6.07) is 4.86. The van der Waals surface area contributed by atoms with Gasteiger partial charge in [-0.25, -0.2) is 13.4 Å². The number of aryl methyl sites for hydroxylation is 1. The van der Waals surface area contributed by atoms with Crippen molar-refractivity contribution in [3.8, 4) is 5.75 Å². The first-order valence-corrected chi connectivity index (χ1v) is 8.82. The van der Waals surface area contributed by atoms with Crippen LogP contribution in [0.2, 0.25) is 0 Å². The largest absolute Gasteiger partial charge is 0.496 e. The molecule has 2 rings (SSSR count). The second-order valence-corrected chi connectivity index (χ2v) is 7.50. The van der Waals surface area contributed by atoms with Gasteiger partial charge in [-0.3, -0.25) is 4.72 Å². The molecule has 0 unspecified atom stereocenters. The zero-order valence-corrected chi connectivity index (χ0v) is 14.0. The third-order valence-electron chi connectivity index (χ3n) is 2.97. The molecule has 0 spiro atoms. The topological polar surface area (TPSA) is 68.3 Å². The average molecular weight is 326 g/mol. The number of methoxy groups -OCH3 is 1. The molecular weight excluding hydrogens is 308 g/mol. The van der Waals surface area contributed by atoms with Crippen molar-refractivity contribution in [1.29, 1.82) is 0 Å². The van der Waals surface area contributed by atoms with Crippen molar-refractivity contribution in [2.24, 2.45) is 0 Å². The minimum Gasteiger partial charge on any atom is -0.496 e. The fourth-order valence-electron chi connectivity index (χ4n) is 1.91. The van der Waals surface area contributed by atoms with E-state index in [1.54, 1.807) is 24.6 Å². The van der Waals surface area contributed by atoms with Gasteiger partial charge in [-0.05, 0) is 36.6 Å². The smallest absolute Gasteiger partial charge is 0.263 e. The lowest BCUT2D eigenvalue weighted by molar-refractivity contribution is 0.407. The first-order chi connectivity index (χ1) is 9.83. The number of thiazole rings is 1. The number of anilines is 1. The standard InChI is InChI=1S/C14H18N2O3S2/c1-9(2)12-7-11(5-6-13(12)19-4)21(17,18)16-14-15-10(3)8-20-14/h5-9H,1-4H3,(H,15,16). The molecular formula is C14H18N2O3S2. The van der Waals surface area contributed by atoms with Gasteiger partial charge in [0.2, 0.25) is 0 Å². The molecule has 5 nitrogen and oxygen atoms in total. The van der Waals surface area contributed by atoms with Crippen molar-refractivity contribution in [2.45, 2.75) is 31.6 Å². The number of benzene rings is 1. The van der Waals surface area contributed by atoms with E-state index in [1.165, 1.54) is 17.4 Å². The van der Waals surface area contributed by atoms with Gasteiger partial charge in [-0.1, -0.05) is 13.8 Å². The van der Waals surface area contributed by atoms with Crippen molar-refractivity contribution >= 4 is 26.5 Å². The number of nitrogens with one attached hydrogen (secondary N) is 1. The lowest BCUT2D eigenvalue weighted by Gasteiger charge is -2.14. The van der Waals surface area contributed by atoms with Crippen LogP contribution in [0.4, 0.5) is 5.13 Å². The quantitative estimate of drug-likeness (QED) is 0.914. The van der Waals surface area contributed by atoms with Crippen LogP contribution < -0.4 is 9.46 Å². The molecule has 0 saturated heterocycles. The summed E-state index contributed by atoms with van der Waals surface area (Å²) in [5, 5.41) is 2.17.